The molecule has 1 N–H and O–H groups in total. The van der Waals surface area contributed by atoms with Gasteiger partial charge in [-0.2, -0.15) is 4.31 Å². The predicted molar refractivity (Wildman–Crippen MR) is 86.8 cm³/mol. The lowest BCUT2D eigenvalue weighted by Gasteiger charge is -2.30. The van der Waals surface area contributed by atoms with Gasteiger partial charge in [0.2, 0.25) is 0 Å². The molecule has 1 aliphatic heterocycles. The van der Waals surface area contributed by atoms with Gasteiger partial charge >= 0.3 is 0 Å². The van der Waals surface area contributed by atoms with Crippen LogP contribution in [0.3, 0.4) is 0 Å². The van der Waals surface area contributed by atoms with Crippen molar-refractivity contribution in [2.75, 3.05) is 26.2 Å². The molecule has 114 valence electrons. The van der Waals surface area contributed by atoms with E-state index in [0.717, 1.165) is 24.0 Å². The lowest BCUT2D eigenvalue weighted by molar-refractivity contribution is -0.917. The van der Waals surface area contributed by atoms with Crippen molar-refractivity contribution in [3.8, 4) is 0 Å². The van der Waals surface area contributed by atoms with E-state index in [4.69, 9.17) is 11.6 Å². The van der Waals surface area contributed by atoms with Crippen LogP contribution < -0.4 is 4.90 Å². The molecular weight excluding hydrogens is 348 g/mol. The normalized spacial score (nSPS) is 18.1. The molecule has 2 aromatic heterocycles. The van der Waals surface area contributed by atoms with Crippen molar-refractivity contribution in [1.82, 2.24) is 4.31 Å². The summed E-state index contributed by atoms with van der Waals surface area (Å²) in [6.45, 7) is 3.74. The van der Waals surface area contributed by atoms with Crippen molar-refractivity contribution >= 4 is 44.3 Å². The van der Waals surface area contributed by atoms with Crippen molar-refractivity contribution < 1.29 is 13.3 Å². The van der Waals surface area contributed by atoms with E-state index in [1.165, 1.54) is 21.1 Å². The third-order valence-corrected chi connectivity index (χ3v) is 8.07. The molecule has 0 unspecified atom stereocenters. The molecule has 0 spiro atoms. The van der Waals surface area contributed by atoms with Crippen LogP contribution in [-0.4, -0.2) is 38.9 Å². The highest BCUT2D eigenvalue weighted by Crippen LogP contribution is 2.22. The Bertz CT molecular complexity index is 689. The monoisotopic (exact) mass is 363 g/mol. The molecule has 8 heteroatoms. The van der Waals surface area contributed by atoms with E-state index in [2.05, 4.69) is 6.07 Å². The number of nitrogens with one attached hydrogen (secondary N) is 1. The molecule has 0 radical (unpaired) electrons. The fourth-order valence-corrected chi connectivity index (χ4v) is 6.20. The van der Waals surface area contributed by atoms with E-state index < -0.39 is 10.0 Å². The number of halogens is 1. The molecular formula is C13H16ClN2O2S3+. The SMILES string of the molecule is O=S(=O)(c1cccs1)N1CC[NH+](Cc2ccc(Cl)s2)CC1. The number of rotatable bonds is 4. The van der Waals surface area contributed by atoms with E-state index >= 15 is 0 Å². The van der Waals surface area contributed by atoms with Gasteiger partial charge in [0.1, 0.15) is 10.8 Å². The van der Waals surface area contributed by atoms with Gasteiger partial charge in [-0.25, -0.2) is 8.42 Å². The van der Waals surface area contributed by atoms with Crippen LogP contribution in [0, 0.1) is 0 Å². The Kier molecular flexibility index (Phi) is 4.68. The van der Waals surface area contributed by atoms with Gasteiger partial charge in [-0.3, -0.25) is 0 Å². The topological polar surface area (TPSA) is 41.8 Å². The Morgan fingerprint density at radius 3 is 2.57 bits per heavy atom. The molecule has 0 bridgehead atoms. The molecule has 1 fully saturated rings. The molecule has 0 saturated carbocycles. The van der Waals surface area contributed by atoms with Gasteiger partial charge in [-0.15, -0.1) is 22.7 Å². The fourth-order valence-electron chi connectivity index (χ4n) is 2.45. The van der Waals surface area contributed by atoms with E-state index in [-0.39, 0.29) is 0 Å². The third-order valence-electron chi connectivity index (χ3n) is 3.57. The first-order valence-electron chi connectivity index (χ1n) is 6.67. The van der Waals surface area contributed by atoms with Crippen LogP contribution in [-0.2, 0) is 16.6 Å². The van der Waals surface area contributed by atoms with Gasteiger partial charge in [0.25, 0.3) is 10.0 Å². The van der Waals surface area contributed by atoms with Gasteiger partial charge in [0.05, 0.1) is 35.4 Å². The van der Waals surface area contributed by atoms with Crippen LogP contribution >= 0.6 is 34.3 Å². The Morgan fingerprint density at radius 1 is 1.24 bits per heavy atom. The summed E-state index contributed by atoms with van der Waals surface area (Å²) in [5, 5.41) is 1.80. The summed E-state index contributed by atoms with van der Waals surface area (Å²) in [7, 11) is -3.29. The van der Waals surface area contributed by atoms with E-state index in [0.29, 0.717) is 17.3 Å². The molecule has 0 aliphatic carbocycles. The van der Waals surface area contributed by atoms with Gasteiger partial charge in [0, 0.05) is 0 Å². The molecule has 0 aromatic carbocycles. The average molecular weight is 364 g/mol. The van der Waals surface area contributed by atoms with Crippen LogP contribution in [0.15, 0.2) is 33.9 Å². The lowest BCUT2D eigenvalue weighted by Crippen LogP contribution is -3.13. The number of sulfonamides is 1. The maximum atomic E-state index is 12.4. The maximum Gasteiger partial charge on any atom is 0.252 e. The Labute approximate surface area is 137 Å². The second-order valence-electron chi connectivity index (χ2n) is 4.97. The molecule has 0 atom stereocenters. The average Bonchev–Trinajstić information content (AvgIpc) is 3.11. The molecule has 2 aromatic rings. The molecule has 0 amide bonds. The summed E-state index contributed by atoms with van der Waals surface area (Å²) in [5.41, 5.74) is 0. The maximum absolute atomic E-state index is 12.4. The van der Waals surface area contributed by atoms with Crippen molar-refractivity contribution in [2.24, 2.45) is 0 Å². The highest BCUT2D eigenvalue weighted by atomic mass is 35.5. The Hall–Kier alpha value is -0.440. The van der Waals surface area contributed by atoms with Crippen LogP contribution in [0.25, 0.3) is 0 Å². The summed E-state index contributed by atoms with van der Waals surface area (Å²) in [6.07, 6.45) is 0. The minimum atomic E-state index is -3.29. The second kappa shape index (κ2) is 6.36. The zero-order valence-electron chi connectivity index (χ0n) is 11.3. The highest BCUT2D eigenvalue weighted by Gasteiger charge is 2.31. The van der Waals surface area contributed by atoms with Crippen LogP contribution in [0.1, 0.15) is 4.88 Å². The van der Waals surface area contributed by atoms with Crippen molar-refractivity contribution in [3.05, 3.63) is 38.9 Å². The fraction of sp³-hybridized carbons (Fsp3) is 0.385. The summed E-state index contributed by atoms with van der Waals surface area (Å²) in [4.78, 5) is 2.66. The summed E-state index contributed by atoms with van der Waals surface area (Å²) in [5.74, 6) is 0. The first-order valence-corrected chi connectivity index (χ1v) is 10.2. The lowest BCUT2D eigenvalue weighted by atomic mass is 10.3. The number of thiophene rings is 2. The van der Waals surface area contributed by atoms with E-state index in [1.54, 1.807) is 33.2 Å². The molecule has 1 aliphatic rings. The van der Waals surface area contributed by atoms with Gasteiger partial charge in [0.15, 0.2) is 0 Å². The van der Waals surface area contributed by atoms with Crippen LogP contribution in [0.4, 0.5) is 0 Å². The standard InChI is InChI=1S/C13H15ClN2O2S3/c14-12-4-3-11(20-12)10-15-5-7-16(8-6-15)21(17,18)13-2-1-9-19-13/h1-4,9H,5-8,10H2/p+1. The molecule has 21 heavy (non-hydrogen) atoms. The van der Waals surface area contributed by atoms with Gasteiger partial charge < -0.3 is 4.90 Å². The third kappa shape index (κ3) is 3.49. The number of hydrogen-bond donors (Lipinski definition) is 1. The summed E-state index contributed by atoms with van der Waals surface area (Å²) >= 11 is 8.82. The smallest absolute Gasteiger partial charge is 0.252 e. The van der Waals surface area contributed by atoms with Crippen LogP contribution in [0.2, 0.25) is 4.34 Å². The van der Waals surface area contributed by atoms with Crippen LogP contribution in [0.5, 0.6) is 0 Å². The van der Waals surface area contributed by atoms with Crippen molar-refractivity contribution in [3.63, 3.8) is 0 Å². The minimum absolute atomic E-state index is 0.441. The zero-order chi connectivity index (χ0) is 14.9. The summed E-state index contributed by atoms with van der Waals surface area (Å²) < 4.78 is 27.7. The van der Waals surface area contributed by atoms with Gasteiger partial charge in [-0.1, -0.05) is 17.7 Å². The number of quaternary nitrogens is 1. The first kappa shape index (κ1) is 15.5. The number of nitrogens with zero attached hydrogens (tertiary/aromatic N) is 1. The van der Waals surface area contributed by atoms with Crippen molar-refractivity contribution in [2.45, 2.75) is 10.8 Å². The molecule has 1 saturated heterocycles. The second-order valence-corrected chi connectivity index (χ2v) is 9.88. The number of piperazine rings is 1. The minimum Gasteiger partial charge on any atom is -0.328 e. The zero-order valence-corrected chi connectivity index (χ0v) is 14.5. The molecule has 4 nitrogen and oxygen atoms in total. The quantitative estimate of drug-likeness (QED) is 0.895. The highest BCUT2D eigenvalue weighted by molar-refractivity contribution is 7.91. The van der Waals surface area contributed by atoms with Crippen molar-refractivity contribution in [1.29, 1.82) is 0 Å². The molecule has 3 rings (SSSR count). The van der Waals surface area contributed by atoms with E-state index in [1.807, 2.05) is 6.07 Å². The Balaban J connectivity index is 1.60. The van der Waals surface area contributed by atoms with Gasteiger partial charge in [-0.05, 0) is 23.6 Å². The largest absolute Gasteiger partial charge is 0.328 e. The predicted octanol–water partition coefficient (Wildman–Crippen LogP) is 1.55. The molecule has 3 heterocycles. The Morgan fingerprint density at radius 2 is 2.00 bits per heavy atom. The first-order chi connectivity index (χ1) is 10.1. The summed E-state index contributed by atoms with van der Waals surface area (Å²) in [6, 6.07) is 7.42. The van der Waals surface area contributed by atoms with E-state index in [9.17, 15) is 8.42 Å². The number of hydrogen-bond acceptors (Lipinski definition) is 4.